The van der Waals surface area contributed by atoms with Crippen molar-refractivity contribution in [2.24, 2.45) is 5.73 Å². The molecule has 10 heteroatoms. The number of H-pyrrole nitrogens is 1. The molecule has 4 rings (SSSR count). The van der Waals surface area contributed by atoms with E-state index in [1.54, 1.807) is 30.9 Å². The summed E-state index contributed by atoms with van der Waals surface area (Å²) in [7, 11) is 0. The smallest absolute Gasteiger partial charge is 0.325 e. The number of hydrogen-bond acceptors (Lipinski definition) is 6. The summed E-state index contributed by atoms with van der Waals surface area (Å²) in [5, 5.41) is 2.75. The van der Waals surface area contributed by atoms with Crippen LogP contribution < -0.4 is 15.8 Å². The minimum Gasteiger partial charge on any atom is -0.474 e. The van der Waals surface area contributed by atoms with E-state index in [-0.39, 0.29) is 35.5 Å². The number of hydrogen-bond donors (Lipinski definition) is 3. The van der Waals surface area contributed by atoms with Crippen LogP contribution in [0, 0.1) is 0 Å². The Kier molecular flexibility index (Phi) is 5.15. The molecule has 2 aromatic rings. The minimum atomic E-state index is -0.593. The molecule has 10 nitrogen and oxygen atoms in total. The van der Waals surface area contributed by atoms with Crippen LogP contribution in [0.3, 0.4) is 0 Å². The number of nitrogens with one attached hydrogen (secondary N) is 2. The molecular weight excluding hydrogens is 376 g/mol. The van der Waals surface area contributed by atoms with E-state index in [4.69, 9.17) is 10.5 Å². The van der Waals surface area contributed by atoms with Gasteiger partial charge in [-0.2, -0.15) is 0 Å². The van der Waals surface area contributed by atoms with Crippen molar-refractivity contribution in [2.45, 2.75) is 50.3 Å². The molecule has 4 amide bonds. The summed E-state index contributed by atoms with van der Waals surface area (Å²) in [5.41, 5.74) is 6.33. The zero-order valence-electron chi connectivity index (χ0n) is 15.7. The van der Waals surface area contributed by atoms with Crippen LogP contribution in [-0.4, -0.2) is 55.9 Å². The first kappa shape index (κ1) is 18.9. The summed E-state index contributed by atoms with van der Waals surface area (Å²) in [6.07, 6.45) is 7.53. The number of carbonyl (C=O) groups is 3. The second-order valence-corrected chi connectivity index (χ2v) is 7.24. The van der Waals surface area contributed by atoms with Crippen LogP contribution >= 0.6 is 0 Å². The number of imide groups is 1. The van der Waals surface area contributed by atoms with Gasteiger partial charge in [-0.3, -0.25) is 14.5 Å². The maximum Gasteiger partial charge on any atom is 0.325 e. The van der Waals surface area contributed by atoms with Crippen LogP contribution in [0.4, 0.5) is 4.79 Å². The number of ether oxygens (including phenoxy) is 1. The van der Waals surface area contributed by atoms with Crippen molar-refractivity contribution < 1.29 is 19.1 Å². The average Bonchev–Trinajstić information content (AvgIpc) is 3.31. The fourth-order valence-electron chi connectivity index (χ4n) is 3.90. The number of urea groups is 1. The van der Waals surface area contributed by atoms with Gasteiger partial charge in [0.2, 0.25) is 5.88 Å². The molecule has 0 radical (unpaired) electrons. The third-order valence-electron chi connectivity index (χ3n) is 5.34. The molecule has 1 unspecified atom stereocenters. The lowest BCUT2D eigenvalue weighted by molar-refractivity contribution is -0.129. The van der Waals surface area contributed by atoms with E-state index in [2.05, 4.69) is 20.3 Å². The molecule has 1 aliphatic heterocycles. The van der Waals surface area contributed by atoms with Crippen molar-refractivity contribution in [3.8, 4) is 5.88 Å². The Balaban J connectivity index is 1.35. The predicted octanol–water partition coefficient (Wildman–Crippen LogP) is 0.757. The zero-order chi connectivity index (χ0) is 20.4. The van der Waals surface area contributed by atoms with E-state index in [1.807, 2.05) is 0 Å². The third kappa shape index (κ3) is 3.91. The van der Waals surface area contributed by atoms with Crippen LogP contribution in [-0.2, 0) is 11.2 Å². The maximum atomic E-state index is 12.7. The molecule has 0 aromatic carbocycles. The quantitative estimate of drug-likeness (QED) is 0.613. The van der Waals surface area contributed by atoms with Crippen LogP contribution in [0.25, 0.3) is 0 Å². The fourth-order valence-corrected chi connectivity index (χ4v) is 3.90. The summed E-state index contributed by atoms with van der Waals surface area (Å²) >= 11 is 0. The van der Waals surface area contributed by atoms with Crippen molar-refractivity contribution in [1.82, 2.24) is 25.2 Å². The molecule has 4 N–H and O–H groups in total. The lowest BCUT2D eigenvalue weighted by Crippen LogP contribution is -2.44. The highest BCUT2D eigenvalue weighted by molar-refractivity contribution is 6.04. The van der Waals surface area contributed by atoms with E-state index in [1.165, 1.54) is 4.90 Å². The fraction of sp³-hybridized carbons (Fsp3) is 0.421. The topological polar surface area (TPSA) is 143 Å². The van der Waals surface area contributed by atoms with E-state index in [0.29, 0.717) is 32.1 Å². The molecule has 2 fully saturated rings. The normalized spacial score (nSPS) is 24.4. The number of imidazole rings is 1. The van der Waals surface area contributed by atoms with Crippen LogP contribution in [0.15, 0.2) is 30.9 Å². The van der Waals surface area contributed by atoms with Gasteiger partial charge in [0.15, 0.2) is 0 Å². The molecule has 2 aromatic heterocycles. The highest BCUT2D eigenvalue weighted by Gasteiger charge is 2.43. The van der Waals surface area contributed by atoms with E-state index >= 15 is 0 Å². The highest BCUT2D eigenvalue weighted by Crippen LogP contribution is 2.29. The Morgan fingerprint density at radius 2 is 2.03 bits per heavy atom. The van der Waals surface area contributed by atoms with Crippen molar-refractivity contribution in [1.29, 1.82) is 0 Å². The van der Waals surface area contributed by atoms with E-state index in [9.17, 15) is 14.4 Å². The molecule has 0 spiro atoms. The molecule has 1 saturated heterocycles. The number of aromatic amines is 1. The zero-order valence-corrected chi connectivity index (χ0v) is 15.7. The molecular formula is C19H22N6O4. The Labute approximate surface area is 166 Å². The van der Waals surface area contributed by atoms with Crippen molar-refractivity contribution >= 4 is 17.8 Å². The van der Waals surface area contributed by atoms with Gasteiger partial charge in [0, 0.05) is 24.9 Å². The van der Waals surface area contributed by atoms with Gasteiger partial charge in [0.1, 0.15) is 17.7 Å². The van der Waals surface area contributed by atoms with Gasteiger partial charge >= 0.3 is 6.03 Å². The van der Waals surface area contributed by atoms with Crippen LogP contribution in [0.1, 0.15) is 41.7 Å². The van der Waals surface area contributed by atoms with Gasteiger partial charge in [-0.25, -0.2) is 14.8 Å². The number of aromatic nitrogens is 3. The maximum absolute atomic E-state index is 12.7. The van der Waals surface area contributed by atoms with Crippen LogP contribution in [0.2, 0.25) is 0 Å². The molecule has 29 heavy (non-hydrogen) atoms. The molecule has 3 heterocycles. The van der Waals surface area contributed by atoms with Gasteiger partial charge in [-0.15, -0.1) is 0 Å². The Morgan fingerprint density at radius 3 is 2.72 bits per heavy atom. The standard InChI is InChI=1S/C19H22N6O4/c20-16(26)14-2-1-7-22-17(14)29-13-5-3-12(4-6-13)25-18(27)15(24-19(25)28)8-11-9-21-10-23-11/h1-2,7,9-10,12-13,15H,3-6,8H2,(H2,20,26)(H,21,23)(H,24,28)/t12-,13-,15?. The first-order valence-electron chi connectivity index (χ1n) is 9.55. The number of rotatable bonds is 6. The highest BCUT2D eigenvalue weighted by atomic mass is 16.5. The molecule has 152 valence electrons. The summed E-state index contributed by atoms with van der Waals surface area (Å²) in [6.45, 7) is 0. The SMILES string of the molecule is NC(=O)c1cccnc1O[C@H]1CC[C@H](N2C(=O)NC(Cc3c[nH]cn3)C2=O)CC1. The Morgan fingerprint density at radius 1 is 1.24 bits per heavy atom. The number of nitrogens with two attached hydrogens (primary N) is 1. The van der Waals surface area contributed by atoms with Crippen molar-refractivity contribution in [3.05, 3.63) is 42.1 Å². The van der Waals surface area contributed by atoms with Gasteiger partial charge in [-0.05, 0) is 37.8 Å². The summed E-state index contributed by atoms with van der Waals surface area (Å²) in [5.74, 6) is -0.593. The van der Waals surface area contributed by atoms with Crippen molar-refractivity contribution in [2.75, 3.05) is 0 Å². The molecule has 0 bridgehead atoms. The van der Waals surface area contributed by atoms with Gasteiger partial charge in [0.25, 0.3) is 11.8 Å². The monoisotopic (exact) mass is 398 g/mol. The molecule has 2 aliphatic rings. The summed E-state index contributed by atoms with van der Waals surface area (Å²) in [6, 6.07) is 2.07. The first-order chi connectivity index (χ1) is 14.0. The second-order valence-electron chi connectivity index (χ2n) is 7.24. The second kappa shape index (κ2) is 7.90. The number of carbonyl (C=O) groups excluding carboxylic acids is 3. The van der Waals surface area contributed by atoms with Crippen LogP contribution in [0.5, 0.6) is 5.88 Å². The largest absolute Gasteiger partial charge is 0.474 e. The molecule has 1 atom stereocenters. The minimum absolute atomic E-state index is 0.153. The Bertz CT molecular complexity index is 907. The lowest BCUT2D eigenvalue weighted by atomic mass is 9.91. The van der Waals surface area contributed by atoms with E-state index < -0.39 is 11.9 Å². The first-order valence-corrected chi connectivity index (χ1v) is 9.55. The number of primary amides is 1. The number of amides is 4. The average molecular weight is 398 g/mol. The third-order valence-corrected chi connectivity index (χ3v) is 5.34. The molecule has 1 saturated carbocycles. The predicted molar refractivity (Wildman–Crippen MR) is 101 cm³/mol. The van der Waals surface area contributed by atoms with E-state index in [0.717, 1.165) is 5.69 Å². The van der Waals surface area contributed by atoms with Crippen molar-refractivity contribution in [3.63, 3.8) is 0 Å². The number of pyridine rings is 1. The van der Waals surface area contributed by atoms with Gasteiger partial charge in [0.05, 0.1) is 12.0 Å². The summed E-state index contributed by atoms with van der Waals surface area (Å²) in [4.78, 5) is 49.0. The lowest BCUT2D eigenvalue weighted by Gasteiger charge is -2.33. The van der Waals surface area contributed by atoms with Gasteiger partial charge < -0.3 is 20.8 Å². The number of nitrogens with zero attached hydrogens (tertiary/aromatic N) is 3. The molecule has 1 aliphatic carbocycles. The summed E-state index contributed by atoms with van der Waals surface area (Å²) < 4.78 is 5.88. The van der Waals surface area contributed by atoms with Gasteiger partial charge in [-0.1, -0.05) is 0 Å². The Hall–Kier alpha value is -3.43.